The molecule has 4 heteroatoms. The third-order valence-electron chi connectivity index (χ3n) is 3.09. The zero-order valence-corrected chi connectivity index (χ0v) is 14.7. The molecule has 0 amide bonds. The van der Waals surface area contributed by atoms with E-state index in [2.05, 4.69) is 31.5 Å². The lowest BCUT2D eigenvalue weighted by molar-refractivity contribution is 0.0197. The van der Waals surface area contributed by atoms with Gasteiger partial charge in [-0.05, 0) is 37.1 Å². The molecule has 1 rings (SSSR count). The Hall–Kier alpha value is -1.31. The first-order valence-electron chi connectivity index (χ1n) is 7.33. The summed E-state index contributed by atoms with van der Waals surface area (Å²) in [6.07, 6.45) is 0.789. The minimum Gasteiger partial charge on any atom is -0.464 e. The summed E-state index contributed by atoms with van der Waals surface area (Å²) in [5.74, 6) is 5.56. The predicted molar refractivity (Wildman–Crippen MR) is 87.9 cm³/mol. The Morgan fingerprint density at radius 1 is 1.24 bits per heavy atom. The van der Waals surface area contributed by atoms with Crippen LogP contribution in [0.5, 0.6) is 5.75 Å². The Kier molecular flexibility index (Phi) is 6.93. The molecule has 0 atom stereocenters. The fourth-order valence-electron chi connectivity index (χ4n) is 1.79. The SMILES string of the molecule is CC#Cc1cc(F)c(OCOCC[Si](C)(C)C)cc1CC. The topological polar surface area (TPSA) is 18.5 Å². The average molecular weight is 308 g/mol. The maximum atomic E-state index is 13.9. The van der Waals surface area contributed by atoms with Crippen molar-refractivity contribution < 1.29 is 13.9 Å². The van der Waals surface area contributed by atoms with Crippen molar-refractivity contribution in [1.82, 2.24) is 0 Å². The van der Waals surface area contributed by atoms with Gasteiger partial charge < -0.3 is 9.47 Å². The first-order valence-corrected chi connectivity index (χ1v) is 11.0. The van der Waals surface area contributed by atoms with Crippen molar-refractivity contribution in [3.63, 3.8) is 0 Å². The highest BCUT2D eigenvalue weighted by Crippen LogP contribution is 2.23. The van der Waals surface area contributed by atoms with Crippen molar-refractivity contribution >= 4 is 8.07 Å². The molecular formula is C17H25FO2Si. The van der Waals surface area contributed by atoms with Crippen LogP contribution in [0, 0.1) is 17.7 Å². The molecule has 0 aliphatic rings. The highest BCUT2D eigenvalue weighted by Gasteiger charge is 2.12. The number of halogens is 1. The van der Waals surface area contributed by atoms with E-state index in [1.54, 1.807) is 13.0 Å². The van der Waals surface area contributed by atoms with E-state index in [4.69, 9.17) is 9.47 Å². The van der Waals surface area contributed by atoms with Crippen LogP contribution in [0.3, 0.4) is 0 Å². The van der Waals surface area contributed by atoms with Crippen molar-refractivity contribution in [2.75, 3.05) is 13.4 Å². The summed E-state index contributed by atoms with van der Waals surface area (Å²) in [7, 11) is -1.10. The molecular weight excluding hydrogens is 283 g/mol. The molecule has 0 aliphatic carbocycles. The zero-order valence-electron chi connectivity index (χ0n) is 13.7. The predicted octanol–water partition coefficient (Wildman–Crippen LogP) is 4.45. The van der Waals surface area contributed by atoms with Crippen LogP contribution in [0.25, 0.3) is 0 Å². The Bertz CT molecular complexity index is 524. The van der Waals surface area contributed by atoms with Gasteiger partial charge in [-0.3, -0.25) is 0 Å². The van der Waals surface area contributed by atoms with Crippen molar-refractivity contribution in [2.45, 2.75) is 46.0 Å². The summed E-state index contributed by atoms with van der Waals surface area (Å²) in [4.78, 5) is 0. The molecule has 0 spiro atoms. The average Bonchev–Trinajstić information content (AvgIpc) is 2.39. The first kappa shape index (κ1) is 17.7. The van der Waals surface area contributed by atoms with Crippen LogP contribution in [-0.4, -0.2) is 21.5 Å². The number of rotatable bonds is 7. The Morgan fingerprint density at radius 2 is 1.95 bits per heavy atom. The molecule has 0 aliphatic heterocycles. The van der Waals surface area contributed by atoms with Gasteiger partial charge in [0.05, 0.1) is 0 Å². The molecule has 0 unspecified atom stereocenters. The summed E-state index contributed by atoms with van der Waals surface area (Å²) >= 11 is 0. The number of ether oxygens (including phenoxy) is 2. The maximum Gasteiger partial charge on any atom is 0.189 e. The Morgan fingerprint density at radius 3 is 2.52 bits per heavy atom. The molecule has 0 fully saturated rings. The zero-order chi connectivity index (χ0) is 15.9. The largest absolute Gasteiger partial charge is 0.464 e. The van der Waals surface area contributed by atoms with E-state index in [1.807, 2.05) is 6.92 Å². The van der Waals surface area contributed by atoms with Crippen molar-refractivity contribution in [3.8, 4) is 17.6 Å². The molecule has 0 saturated carbocycles. The van der Waals surface area contributed by atoms with Gasteiger partial charge in [-0.2, -0.15) is 0 Å². The molecule has 116 valence electrons. The van der Waals surface area contributed by atoms with Crippen LogP contribution < -0.4 is 4.74 Å². The third kappa shape index (κ3) is 6.32. The Balaban J connectivity index is 2.61. The van der Waals surface area contributed by atoms with E-state index in [0.29, 0.717) is 6.61 Å². The second-order valence-electron chi connectivity index (χ2n) is 6.15. The summed E-state index contributed by atoms with van der Waals surface area (Å²) in [5, 5.41) is 0. The van der Waals surface area contributed by atoms with Gasteiger partial charge in [0.25, 0.3) is 0 Å². The van der Waals surface area contributed by atoms with E-state index < -0.39 is 13.9 Å². The molecule has 2 nitrogen and oxygen atoms in total. The molecule has 21 heavy (non-hydrogen) atoms. The smallest absolute Gasteiger partial charge is 0.189 e. The van der Waals surface area contributed by atoms with E-state index in [9.17, 15) is 4.39 Å². The molecule has 0 radical (unpaired) electrons. The van der Waals surface area contributed by atoms with E-state index >= 15 is 0 Å². The fraction of sp³-hybridized carbons (Fsp3) is 0.529. The van der Waals surface area contributed by atoms with Gasteiger partial charge in [-0.15, -0.1) is 5.92 Å². The van der Waals surface area contributed by atoms with Gasteiger partial charge in [-0.1, -0.05) is 32.5 Å². The van der Waals surface area contributed by atoms with Crippen LogP contribution >= 0.6 is 0 Å². The molecule has 0 bridgehead atoms. The Labute approximate surface area is 128 Å². The lowest BCUT2D eigenvalue weighted by atomic mass is 10.0. The van der Waals surface area contributed by atoms with Gasteiger partial charge >= 0.3 is 0 Å². The minimum absolute atomic E-state index is 0.0867. The molecule has 1 aromatic rings. The van der Waals surface area contributed by atoms with Gasteiger partial charge in [0, 0.05) is 20.2 Å². The number of hydrogen-bond donors (Lipinski definition) is 0. The van der Waals surface area contributed by atoms with Crippen LogP contribution in [-0.2, 0) is 11.2 Å². The van der Waals surface area contributed by atoms with E-state index in [-0.39, 0.29) is 12.5 Å². The summed E-state index contributed by atoms with van der Waals surface area (Å²) < 4.78 is 24.8. The number of hydrogen-bond acceptors (Lipinski definition) is 2. The lowest BCUT2D eigenvalue weighted by Gasteiger charge is -2.16. The maximum absolute atomic E-state index is 13.9. The van der Waals surface area contributed by atoms with E-state index in [1.165, 1.54) is 6.07 Å². The highest BCUT2D eigenvalue weighted by molar-refractivity contribution is 6.76. The lowest BCUT2D eigenvalue weighted by Crippen LogP contribution is -2.22. The molecule has 0 N–H and O–H groups in total. The molecule has 1 aromatic carbocycles. The van der Waals surface area contributed by atoms with Crippen LogP contribution in [0.1, 0.15) is 25.0 Å². The van der Waals surface area contributed by atoms with Crippen LogP contribution in [0.4, 0.5) is 4.39 Å². The molecule has 0 saturated heterocycles. The third-order valence-corrected chi connectivity index (χ3v) is 4.80. The first-order chi connectivity index (χ1) is 9.87. The summed E-state index contributed by atoms with van der Waals surface area (Å²) in [6, 6.07) is 4.23. The number of benzene rings is 1. The van der Waals surface area contributed by atoms with Crippen molar-refractivity contribution in [3.05, 3.63) is 29.1 Å². The highest BCUT2D eigenvalue weighted by atomic mass is 28.3. The molecule has 0 aromatic heterocycles. The quantitative estimate of drug-likeness (QED) is 0.321. The van der Waals surface area contributed by atoms with E-state index in [0.717, 1.165) is 23.6 Å². The van der Waals surface area contributed by atoms with Gasteiger partial charge in [0.1, 0.15) is 0 Å². The van der Waals surface area contributed by atoms with Crippen LogP contribution in [0.15, 0.2) is 12.1 Å². The minimum atomic E-state index is -1.10. The normalized spacial score (nSPS) is 11.0. The summed E-state index contributed by atoms with van der Waals surface area (Å²) in [6.45, 7) is 11.4. The second-order valence-corrected chi connectivity index (χ2v) is 11.8. The molecule has 0 heterocycles. The van der Waals surface area contributed by atoms with Crippen LogP contribution in [0.2, 0.25) is 25.7 Å². The summed E-state index contributed by atoms with van der Waals surface area (Å²) in [5.41, 5.74) is 1.72. The van der Waals surface area contributed by atoms with Gasteiger partial charge in [0.2, 0.25) is 0 Å². The van der Waals surface area contributed by atoms with Gasteiger partial charge in [0.15, 0.2) is 18.4 Å². The standard InChI is InChI=1S/C17H25FO2Si/c1-6-8-15-11-16(18)17(12-14(15)7-2)20-13-19-9-10-21(3,4)5/h11-12H,7,9-10,13H2,1-5H3. The van der Waals surface area contributed by atoms with Crippen molar-refractivity contribution in [1.29, 1.82) is 0 Å². The second kappa shape index (κ2) is 8.21. The fourth-order valence-corrected chi connectivity index (χ4v) is 2.55. The van der Waals surface area contributed by atoms with Crippen molar-refractivity contribution in [2.24, 2.45) is 0 Å². The van der Waals surface area contributed by atoms with Gasteiger partial charge in [-0.25, -0.2) is 4.39 Å². The number of aryl methyl sites for hydroxylation is 1. The monoisotopic (exact) mass is 308 g/mol.